The summed E-state index contributed by atoms with van der Waals surface area (Å²) >= 11 is 0. The summed E-state index contributed by atoms with van der Waals surface area (Å²) in [6, 6.07) is 0.791. The summed E-state index contributed by atoms with van der Waals surface area (Å²) in [5, 5.41) is 0. The first-order chi connectivity index (χ1) is 7.13. The van der Waals surface area contributed by atoms with E-state index >= 15 is 0 Å². The largest absolute Gasteiger partial charge is 0.379 e. The predicted octanol–water partition coefficient (Wildman–Crippen LogP) is 1.19. The van der Waals surface area contributed by atoms with E-state index in [0.29, 0.717) is 5.54 Å². The van der Waals surface area contributed by atoms with Crippen molar-refractivity contribution in [3.8, 4) is 0 Å². The zero-order valence-electron chi connectivity index (χ0n) is 10.3. The van der Waals surface area contributed by atoms with Gasteiger partial charge in [0.2, 0.25) is 0 Å². The number of hydrogen-bond donors (Lipinski definition) is 0. The first-order valence-corrected chi connectivity index (χ1v) is 6.20. The van der Waals surface area contributed by atoms with Crippen LogP contribution in [-0.4, -0.2) is 60.8 Å². The third-order valence-corrected chi connectivity index (χ3v) is 4.15. The molecule has 0 N–H and O–H groups in total. The molecule has 2 saturated heterocycles. The predicted molar refractivity (Wildman–Crippen MR) is 62.1 cm³/mol. The summed E-state index contributed by atoms with van der Waals surface area (Å²) in [7, 11) is 0. The topological polar surface area (TPSA) is 15.7 Å². The van der Waals surface area contributed by atoms with Crippen LogP contribution < -0.4 is 0 Å². The van der Waals surface area contributed by atoms with Gasteiger partial charge in [-0.25, -0.2) is 0 Å². The fourth-order valence-electron chi connectivity index (χ4n) is 2.35. The van der Waals surface area contributed by atoms with E-state index in [1.807, 2.05) is 0 Å². The lowest BCUT2D eigenvalue weighted by Crippen LogP contribution is -2.66. The standard InChI is InChI=1S/C12H24N2O/c1-4-12(2,3)14-9-11(10-14)13-5-7-15-8-6-13/h11H,4-10H2,1-3H3. The maximum absolute atomic E-state index is 5.38. The second-order valence-electron chi connectivity index (χ2n) is 5.37. The summed E-state index contributed by atoms with van der Waals surface area (Å²) in [6.07, 6.45) is 1.24. The van der Waals surface area contributed by atoms with E-state index in [4.69, 9.17) is 4.74 Å². The van der Waals surface area contributed by atoms with Gasteiger partial charge in [-0.3, -0.25) is 9.80 Å². The minimum Gasteiger partial charge on any atom is -0.379 e. The third-order valence-electron chi connectivity index (χ3n) is 4.15. The van der Waals surface area contributed by atoms with Crippen LogP contribution in [0.1, 0.15) is 27.2 Å². The molecule has 0 saturated carbocycles. The summed E-state index contributed by atoms with van der Waals surface area (Å²) < 4.78 is 5.38. The molecule has 3 heteroatoms. The molecule has 0 atom stereocenters. The lowest BCUT2D eigenvalue weighted by atomic mass is 9.92. The van der Waals surface area contributed by atoms with E-state index in [1.54, 1.807) is 0 Å². The quantitative estimate of drug-likeness (QED) is 0.699. The molecule has 0 aliphatic carbocycles. The van der Waals surface area contributed by atoms with Crippen molar-refractivity contribution in [2.75, 3.05) is 39.4 Å². The lowest BCUT2D eigenvalue weighted by molar-refractivity contribution is -0.0644. The Bertz CT molecular complexity index is 206. The molecule has 0 radical (unpaired) electrons. The van der Waals surface area contributed by atoms with Gasteiger partial charge in [0.25, 0.3) is 0 Å². The van der Waals surface area contributed by atoms with E-state index in [9.17, 15) is 0 Å². The lowest BCUT2D eigenvalue weighted by Gasteiger charge is -2.53. The molecule has 0 aromatic rings. The van der Waals surface area contributed by atoms with Crippen LogP contribution in [0.5, 0.6) is 0 Å². The molecule has 2 rings (SSSR count). The number of nitrogens with zero attached hydrogens (tertiary/aromatic N) is 2. The highest BCUT2D eigenvalue weighted by Gasteiger charge is 2.39. The Labute approximate surface area is 93.4 Å². The summed E-state index contributed by atoms with van der Waals surface area (Å²) in [5.41, 5.74) is 0.392. The van der Waals surface area contributed by atoms with Crippen LogP contribution in [0.25, 0.3) is 0 Å². The zero-order valence-corrected chi connectivity index (χ0v) is 10.3. The average Bonchev–Trinajstić information content (AvgIpc) is 2.17. The van der Waals surface area contributed by atoms with E-state index in [2.05, 4.69) is 30.6 Å². The highest BCUT2D eigenvalue weighted by molar-refractivity contribution is 4.95. The van der Waals surface area contributed by atoms with Gasteiger partial charge in [0.05, 0.1) is 13.2 Å². The fraction of sp³-hybridized carbons (Fsp3) is 1.00. The Morgan fingerprint density at radius 2 is 1.80 bits per heavy atom. The van der Waals surface area contributed by atoms with Gasteiger partial charge in [-0.1, -0.05) is 6.92 Å². The second kappa shape index (κ2) is 4.40. The van der Waals surface area contributed by atoms with E-state index in [-0.39, 0.29) is 0 Å². The fourth-order valence-corrected chi connectivity index (χ4v) is 2.35. The SMILES string of the molecule is CCC(C)(C)N1CC(N2CCOCC2)C1. The molecule has 2 aliphatic heterocycles. The van der Waals surface area contributed by atoms with Crippen molar-refractivity contribution in [2.24, 2.45) is 0 Å². The molecule has 0 unspecified atom stereocenters. The Kier molecular flexibility index (Phi) is 3.33. The number of morpholine rings is 1. The Hall–Kier alpha value is -0.120. The molecule has 2 aliphatic rings. The van der Waals surface area contributed by atoms with Crippen LogP contribution in [0.3, 0.4) is 0 Å². The van der Waals surface area contributed by atoms with Crippen LogP contribution in [0.4, 0.5) is 0 Å². The van der Waals surface area contributed by atoms with Crippen molar-refractivity contribution in [3.05, 3.63) is 0 Å². The summed E-state index contributed by atoms with van der Waals surface area (Å²) in [5.74, 6) is 0. The van der Waals surface area contributed by atoms with Crippen LogP contribution >= 0.6 is 0 Å². The van der Waals surface area contributed by atoms with Gasteiger partial charge in [-0.05, 0) is 20.3 Å². The molecule has 0 spiro atoms. The number of hydrogen-bond acceptors (Lipinski definition) is 3. The average molecular weight is 212 g/mol. The van der Waals surface area contributed by atoms with Crippen molar-refractivity contribution < 1.29 is 4.74 Å². The first-order valence-electron chi connectivity index (χ1n) is 6.20. The van der Waals surface area contributed by atoms with E-state index in [0.717, 1.165) is 32.3 Å². The maximum atomic E-state index is 5.38. The molecule has 3 nitrogen and oxygen atoms in total. The van der Waals surface area contributed by atoms with Gasteiger partial charge in [-0.2, -0.15) is 0 Å². The zero-order chi connectivity index (χ0) is 10.9. The molecular weight excluding hydrogens is 188 g/mol. The highest BCUT2D eigenvalue weighted by atomic mass is 16.5. The van der Waals surface area contributed by atoms with Gasteiger partial charge in [-0.15, -0.1) is 0 Å². The number of likely N-dealkylation sites (tertiary alicyclic amines) is 1. The van der Waals surface area contributed by atoms with Crippen LogP contribution in [0.2, 0.25) is 0 Å². The van der Waals surface area contributed by atoms with Crippen LogP contribution in [0, 0.1) is 0 Å². The van der Waals surface area contributed by atoms with Crippen molar-refractivity contribution >= 4 is 0 Å². The highest BCUT2D eigenvalue weighted by Crippen LogP contribution is 2.27. The van der Waals surface area contributed by atoms with Crippen molar-refractivity contribution in [1.29, 1.82) is 0 Å². The molecule has 88 valence electrons. The first kappa shape index (κ1) is 11.4. The van der Waals surface area contributed by atoms with Crippen molar-refractivity contribution in [2.45, 2.75) is 38.8 Å². The van der Waals surface area contributed by atoms with Crippen LogP contribution in [-0.2, 0) is 4.74 Å². The molecule has 15 heavy (non-hydrogen) atoms. The van der Waals surface area contributed by atoms with Gasteiger partial charge in [0, 0.05) is 37.8 Å². The van der Waals surface area contributed by atoms with Crippen molar-refractivity contribution in [3.63, 3.8) is 0 Å². The van der Waals surface area contributed by atoms with Gasteiger partial charge >= 0.3 is 0 Å². The van der Waals surface area contributed by atoms with E-state index < -0.39 is 0 Å². The summed E-state index contributed by atoms with van der Waals surface area (Å²) in [4.78, 5) is 5.19. The van der Waals surface area contributed by atoms with Gasteiger partial charge in [0.15, 0.2) is 0 Å². The Morgan fingerprint density at radius 1 is 1.20 bits per heavy atom. The molecular formula is C12H24N2O. The van der Waals surface area contributed by atoms with Crippen LogP contribution in [0.15, 0.2) is 0 Å². The molecule has 0 amide bonds. The van der Waals surface area contributed by atoms with Gasteiger partial charge < -0.3 is 4.74 Å². The molecule has 2 heterocycles. The molecule has 2 fully saturated rings. The normalized spacial score (nSPS) is 26.6. The van der Waals surface area contributed by atoms with E-state index in [1.165, 1.54) is 19.5 Å². The Morgan fingerprint density at radius 3 is 2.33 bits per heavy atom. The molecule has 0 bridgehead atoms. The minimum absolute atomic E-state index is 0.392. The molecule has 0 aromatic carbocycles. The third kappa shape index (κ3) is 2.35. The smallest absolute Gasteiger partial charge is 0.0594 e. The number of ether oxygens (including phenoxy) is 1. The summed E-state index contributed by atoms with van der Waals surface area (Å²) in [6.45, 7) is 13.6. The second-order valence-corrected chi connectivity index (χ2v) is 5.37. The number of rotatable bonds is 3. The van der Waals surface area contributed by atoms with Crippen molar-refractivity contribution in [1.82, 2.24) is 9.80 Å². The monoisotopic (exact) mass is 212 g/mol. The minimum atomic E-state index is 0.392. The van der Waals surface area contributed by atoms with Gasteiger partial charge in [0.1, 0.15) is 0 Å². The molecule has 0 aromatic heterocycles. The maximum Gasteiger partial charge on any atom is 0.0594 e. The Balaban J connectivity index is 1.77.